The highest BCUT2D eigenvalue weighted by Crippen LogP contribution is 2.40. The highest BCUT2D eigenvalue weighted by molar-refractivity contribution is 8.00. The van der Waals surface area contributed by atoms with Crippen LogP contribution in [0.4, 0.5) is 0 Å². The van der Waals surface area contributed by atoms with Crippen molar-refractivity contribution in [1.82, 2.24) is 4.90 Å². The third-order valence-corrected chi connectivity index (χ3v) is 5.89. The Morgan fingerprint density at radius 1 is 1.07 bits per heavy atom. The standard InChI is InChI=1S/C21H17NO4S/c23-12-16-13-27-18-11-17(24)22(18)19(16)21(25)26-20(14-7-3-1-4-8-14)15-9-5-2-6-10-15/h1-10,12,18,20H,11,13H2. The van der Waals surface area contributed by atoms with E-state index in [0.717, 1.165) is 11.1 Å². The molecule has 1 atom stereocenters. The van der Waals surface area contributed by atoms with Crippen molar-refractivity contribution in [2.75, 3.05) is 5.75 Å². The monoisotopic (exact) mass is 379 g/mol. The second kappa shape index (κ2) is 7.40. The average molecular weight is 379 g/mol. The van der Waals surface area contributed by atoms with Crippen molar-refractivity contribution in [2.45, 2.75) is 17.9 Å². The van der Waals surface area contributed by atoms with E-state index in [1.165, 1.54) is 16.7 Å². The molecule has 4 rings (SSSR count). The molecular formula is C21H17NO4S. The van der Waals surface area contributed by atoms with Gasteiger partial charge in [-0.25, -0.2) is 4.79 Å². The number of hydrogen-bond donors (Lipinski definition) is 0. The van der Waals surface area contributed by atoms with Crippen LogP contribution in [0.5, 0.6) is 0 Å². The van der Waals surface area contributed by atoms with Crippen LogP contribution < -0.4 is 0 Å². The molecule has 0 radical (unpaired) electrons. The Balaban J connectivity index is 1.68. The molecule has 0 bridgehead atoms. The van der Waals surface area contributed by atoms with E-state index in [4.69, 9.17) is 4.74 Å². The van der Waals surface area contributed by atoms with Crippen molar-refractivity contribution >= 4 is 29.9 Å². The SMILES string of the molecule is O=CC1=C(C(=O)OC(c2ccccc2)c2ccccc2)N2C(=O)CC2SC1. The van der Waals surface area contributed by atoms with Gasteiger partial charge >= 0.3 is 5.97 Å². The van der Waals surface area contributed by atoms with E-state index in [-0.39, 0.29) is 17.0 Å². The third kappa shape index (κ3) is 3.28. The van der Waals surface area contributed by atoms with Crippen LogP contribution in [0.15, 0.2) is 71.9 Å². The van der Waals surface area contributed by atoms with E-state index < -0.39 is 12.1 Å². The van der Waals surface area contributed by atoms with Crippen molar-refractivity contribution in [2.24, 2.45) is 0 Å². The zero-order valence-electron chi connectivity index (χ0n) is 14.4. The molecule has 5 nitrogen and oxygen atoms in total. The van der Waals surface area contributed by atoms with Crippen LogP contribution >= 0.6 is 11.8 Å². The van der Waals surface area contributed by atoms with Crippen LogP contribution in [-0.4, -0.2) is 34.2 Å². The minimum atomic E-state index is -0.645. The van der Waals surface area contributed by atoms with Gasteiger partial charge in [-0.1, -0.05) is 60.7 Å². The number of thioether (sulfide) groups is 1. The number of hydrogen-bond acceptors (Lipinski definition) is 5. The molecule has 0 saturated carbocycles. The van der Waals surface area contributed by atoms with Gasteiger partial charge in [0, 0.05) is 11.3 Å². The minimum Gasteiger partial charge on any atom is -0.448 e. The predicted molar refractivity (Wildman–Crippen MR) is 102 cm³/mol. The fourth-order valence-electron chi connectivity index (χ4n) is 3.26. The Kier molecular flexibility index (Phi) is 4.81. The van der Waals surface area contributed by atoms with Gasteiger partial charge in [-0.15, -0.1) is 11.8 Å². The number of carbonyl (C=O) groups excluding carboxylic acids is 3. The largest absolute Gasteiger partial charge is 0.448 e. The van der Waals surface area contributed by atoms with E-state index in [1.54, 1.807) is 0 Å². The molecule has 0 aliphatic carbocycles. The van der Waals surface area contributed by atoms with E-state index in [1.807, 2.05) is 60.7 Å². The average Bonchev–Trinajstić information content (AvgIpc) is 2.71. The number of benzene rings is 2. The van der Waals surface area contributed by atoms with Crippen LogP contribution in [0.3, 0.4) is 0 Å². The van der Waals surface area contributed by atoms with Gasteiger partial charge in [0.25, 0.3) is 0 Å². The van der Waals surface area contributed by atoms with Crippen molar-refractivity contribution in [1.29, 1.82) is 0 Å². The zero-order valence-corrected chi connectivity index (χ0v) is 15.2. The first-order valence-corrected chi connectivity index (χ1v) is 9.67. The van der Waals surface area contributed by atoms with Crippen LogP contribution in [0.25, 0.3) is 0 Å². The molecule has 2 aliphatic rings. The summed E-state index contributed by atoms with van der Waals surface area (Å²) in [5.41, 5.74) is 2.03. The van der Waals surface area contributed by atoms with Crippen molar-refractivity contribution in [3.63, 3.8) is 0 Å². The highest BCUT2D eigenvalue weighted by atomic mass is 32.2. The topological polar surface area (TPSA) is 63.7 Å². The number of esters is 1. The van der Waals surface area contributed by atoms with E-state index in [2.05, 4.69) is 0 Å². The first kappa shape index (κ1) is 17.5. The molecule has 0 spiro atoms. The summed E-state index contributed by atoms with van der Waals surface area (Å²) in [7, 11) is 0. The molecule has 2 heterocycles. The Labute approximate surface area is 161 Å². The van der Waals surface area contributed by atoms with Crippen LogP contribution in [-0.2, 0) is 19.1 Å². The van der Waals surface area contributed by atoms with Crippen molar-refractivity contribution < 1.29 is 19.1 Å². The van der Waals surface area contributed by atoms with Crippen molar-refractivity contribution in [3.05, 3.63) is 83.1 Å². The number of carbonyl (C=O) groups is 3. The minimum absolute atomic E-state index is 0.0851. The number of fused-ring (bicyclic) bond motifs is 1. The molecule has 0 N–H and O–H groups in total. The highest BCUT2D eigenvalue weighted by Gasteiger charge is 2.46. The molecule has 0 aromatic heterocycles. The number of aldehydes is 1. The maximum atomic E-state index is 13.0. The first-order chi connectivity index (χ1) is 13.2. The smallest absolute Gasteiger partial charge is 0.356 e. The summed E-state index contributed by atoms with van der Waals surface area (Å²) in [6.45, 7) is 0. The van der Waals surface area contributed by atoms with Crippen LogP contribution in [0, 0.1) is 0 Å². The van der Waals surface area contributed by atoms with E-state index >= 15 is 0 Å². The lowest BCUT2D eigenvalue weighted by Gasteiger charge is -2.43. The van der Waals surface area contributed by atoms with Crippen molar-refractivity contribution in [3.8, 4) is 0 Å². The summed E-state index contributed by atoms with van der Waals surface area (Å²) in [5, 5.41) is -0.0874. The molecule has 6 heteroatoms. The second-order valence-electron chi connectivity index (χ2n) is 6.33. The zero-order chi connectivity index (χ0) is 18.8. The summed E-state index contributed by atoms with van der Waals surface area (Å²) in [6.07, 6.45) is 0.407. The molecular weight excluding hydrogens is 362 g/mol. The number of rotatable bonds is 5. The second-order valence-corrected chi connectivity index (χ2v) is 7.50. The molecule has 1 unspecified atom stereocenters. The lowest BCUT2D eigenvalue weighted by atomic mass is 10.0. The number of amides is 1. The third-order valence-electron chi connectivity index (χ3n) is 4.65. The summed E-state index contributed by atoms with van der Waals surface area (Å²) in [5.74, 6) is -0.397. The Bertz CT molecular complexity index is 871. The summed E-state index contributed by atoms with van der Waals surface area (Å²) in [6, 6.07) is 18.8. The molecule has 1 fully saturated rings. The summed E-state index contributed by atoms with van der Waals surface area (Å²) in [4.78, 5) is 37.9. The van der Waals surface area contributed by atoms with Gasteiger partial charge in [-0.05, 0) is 11.1 Å². The van der Waals surface area contributed by atoms with E-state index in [0.29, 0.717) is 24.0 Å². The van der Waals surface area contributed by atoms with E-state index in [9.17, 15) is 14.4 Å². The first-order valence-electron chi connectivity index (χ1n) is 8.62. The lowest BCUT2D eigenvalue weighted by molar-refractivity contribution is -0.152. The van der Waals surface area contributed by atoms with Gasteiger partial charge in [0.05, 0.1) is 11.8 Å². The molecule has 2 aliphatic heterocycles. The number of ether oxygens (including phenoxy) is 1. The molecule has 136 valence electrons. The lowest BCUT2D eigenvalue weighted by Crippen LogP contribution is -2.54. The van der Waals surface area contributed by atoms with Gasteiger partial charge in [0.2, 0.25) is 5.91 Å². The van der Waals surface area contributed by atoms with Gasteiger partial charge in [-0.3, -0.25) is 14.5 Å². The number of β-lactam (4-membered cyclic amide) rings is 1. The molecule has 2 aromatic rings. The normalized spacial score (nSPS) is 18.8. The van der Waals surface area contributed by atoms with Gasteiger partial charge < -0.3 is 4.74 Å². The van der Waals surface area contributed by atoms with Gasteiger partial charge in [-0.2, -0.15) is 0 Å². The Hall–Kier alpha value is -2.86. The fraction of sp³-hybridized carbons (Fsp3) is 0.190. The Morgan fingerprint density at radius 2 is 1.67 bits per heavy atom. The molecule has 2 aromatic carbocycles. The van der Waals surface area contributed by atoms with Gasteiger partial charge in [0.15, 0.2) is 6.10 Å². The fourth-order valence-corrected chi connectivity index (χ4v) is 4.47. The quantitative estimate of drug-likeness (QED) is 0.454. The maximum Gasteiger partial charge on any atom is 0.356 e. The predicted octanol–water partition coefficient (Wildman–Crippen LogP) is 3.08. The number of nitrogens with zero attached hydrogens (tertiary/aromatic N) is 1. The van der Waals surface area contributed by atoms with Gasteiger partial charge in [0.1, 0.15) is 12.0 Å². The maximum absolute atomic E-state index is 13.0. The Morgan fingerprint density at radius 3 is 2.19 bits per heavy atom. The molecule has 1 amide bonds. The summed E-state index contributed by atoms with van der Waals surface area (Å²) < 4.78 is 5.84. The van der Waals surface area contributed by atoms with Crippen LogP contribution in [0.1, 0.15) is 23.7 Å². The molecule has 1 saturated heterocycles. The molecule has 27 heavy (non-hydrogen) atoms. The van der Waals surface area contributed by atoms with Crippen LogP contribution in [0.2, 0.25) is 0 Å². The summed E-state index contributed by atoms with van der Waals surface area (Å²) >= 11 is 1.49.